The van der Waals surface area contributed by atoms with Crippen LogP contribution in [0.5, 0.6) is 5.75 Å². The van der Waals surface area contributed by atoms with E-state index < -0.39 is 0 Å². The highest BCUT2D eigenvalue weighted by molar-refractivity contribution is 5.54. The first-order chi connectivity index (χ1) is 10.8. The third-order valence-electron chi connectivity index (χ3n) is 4.07. The smallest absolute Gasteiger partial charge is 0.261 e. The van der Waals surface area contributed by atoms with Crippen molar-refractivity contribution in [2.75, 3.05) is 0 Å². The van der Waals surface area contributed by atoms with Crippen molar-refractivity contribution in [3.63, 3.8) is 0 Å². The topological polar surface area (TPSA) is 43.6 Å². The molecule has 0 bridgehead atoms. The Morgan fingerprint density at radius 1 is 1.09 bits per heavy atom. The fourth-order valence-corrected chi connectivity index (χ4v) is 2.96. The fraction of sp³-hybridized carbons (Fsp3) is 0.222. The lowest BCUT2D eigenvalue weighted by Crippen LogP contribution is -2.20. The molecule has 0 unspecified atom stereocenters. The number of aromatic nitrogens is 2. The molecule has 0 atom stereocenters. The first-order valence-electron chi connectivity index (χ1n) is 7.53. The predicted octanol–water partition coefficient (Wildman–Crippen LogP) is 2.76. The minimum absolute atomic E-state index is 0.0441. The van der Waals surface area contributed by atoms with Crippen LogP contribution in [0.3, 0.4) is 0 Å². The second-order valence-electron chi connectivity index (χ2n) is 5.54. The molecule has 0 amide bonds. The maximum absolute atomic E-state index is 12.5. The monoisotopic (exact) mass is 292 g/mol. The minimum Gasteiger partial charge on any atom is -0.485 e. The standard InChI is InChI=1S/C18H16N2O2/c21-18-14-8-4-9-15(14)19-17-16(10-5-11-20(17)18)22-12-13-6-2-1-3-7-13/h1-3,5-7,10-11H,4,8-9,12H2. The Balaban J connectivity index is 1.75. The van der Waals surface area contributed by atoms with E-state index in [1.54, 1.807) is 10.6 Å². The van der Waals surface area contributed by atoms with Crippen molar-refractivity contribution in [2.45, 2.75) is 25.9 Å². The molecule has 4 heteroatoms. The van der Waals surface area contributed by atoms with Crippen molar-refractivity contribution < 1.29 is 4.74 Å². The maximum Gasteiger partial charge on any atom is 0.261 e. The number of ether oxygens (including phenoxy) is 1. The fourth-order valence-electron chi connectivity index (χ4n) is 2.96. The number of rotatable bonds is 3. The number of hydrogen-bond acceptors (Lipinski definition) is 3. The highest BCUT2D eigenvalue weighted by Gasteiger charge is 2.19. The Labute approximate surface area is 128 Å². The van der Waals surface area contributed by atoms with Crippen molar-refractivity contribution in [3.8, 4) is 5.75 Å². The van der Waals surface area contributed by atoms with Gasteiger partial charge in [0.25, 0.3) is 5.56 Å². The molecule has 1 aliphatic carbocycles. The number of pyridine rings is 1. The Bertz CT molecular complexity index is 885. The van der Waals surface area contributed by atoms with Crippen LogP contribution in [0.1, 0.15) is 23.2 Å². The van der Waals surface area contributed by atoms with Gasteiger partial charge in [0.05, 0.1) is 5.69 Å². The molecule has 0 spiro atoms. The summed E-state index contributed by atoms with van der Waals surface area (Å²) in [5.74, 6) is 0.651. The third-order valence-corrected chi connectivity index (χ3v) is 4.07. The SMILES string of the molecule is O=c1c2c(nc3c(OCc4ccccc4)cccn13)CCC2. The summed E-state index contributed by atoms with van der Waals surface area (Å²) in [6, 6.07) is 13.7. The quantitative estimate of drug-likeness (QED) is 0.745. The second kappa shape index (κ2) is 5.30. The van der Waals surface area contributed by atoms with Gasteiger partial charge < -0.3 is 4.74 Å². The second-order valence-corrected chi connectivity index (χ2v) is 5.54. The Morgan fingerprint density at radius 3 is 2.82 bits per heavy atom. The van der Waals surface area contributed by atoms with Gasteiger partial charge in [0, 0.05) is 11.8 Å². The van der Waals surface area contributed by atoms with Gasteiger partial charge in [-0.1, -0.05) is 30.3 Å². The van der Waals surface area contributed by atoms with Gasteiger partial charge in [0.1, 0.15) is 6.61 Å². The normalized spacial score (nSPS) is 13.3. The highest BCUT2D eigenvalue weighted by atomic mass is 16.5. The van der Waals surface area contributed by atoms with Gasteiger partial charge in [0.2, 0.25) is 0 Å². The molecule has 1 aromatic carbocycles. The molecule has 4 rings (SSSR count). The summed E-state index contributed by atoms with van der Waals surface area (Å²) in [7, 11) is 0. The molecule has 2 aromatic heterocycles. The Hall–Kier alpha value is -2.62. The van der Waals surface area contributed by atoms with E-state index in [1.165, 1.54) is 0 Å². The number of hydrogen-bond donors (Lipinski definition) is 0. The number of nitrogens with zero attached hydrogens (tertiary/aromatic N) is 2. The lowest BCUT2D eigenvalue weighted by molar-refractivity contribution is 0.308. The summed E-state index contributed by atoms with van der Waals surface area (Å²) in [4.78, 5) is 17.2. The van der Waals surface area contributed by atoms with Crippen LogP contribution in [0.25, 0.3) is 5.65 Å². The van der Waals surface area contributed by atoms with E-state index in [1.807, 2.05) is 42.5 Å². The molecule has 110 valence electrons. The van der Waals surface area contributed by atoms with Crippen LogP contribution in [0.15, 0.2) is 53.5 Å². The number of aryl methyl sites for hydroxylation is 1. The van der Waals surface area contributed by atoms with E-state index in [-0.39, 0.29) is 5.56 Å². The van der Waals surface area contributed by atoms with Gasteiger partial charge in [-0.3, -0.25) is 9.20 Å². The number of fused-ring (bicyclic) bond motifs is 2. The molecular weight excluding hydrogens is 276 g/mol. The molecule has 2 heterocycles. The van der Waals surface area contributed by atoms with Gasteiger partial charge in [-0.2, -0.15) is 0 Å². The lowest BCUT2D eigenvalue weighted by Gasteiger charge is -2.10. The molecule has 0 aliphatic heterocycles. The van der Waals surface area contributed by atoms with Crippen LogP contribution >= 0.6 is 0 Å². The van der Waals surface area contributed by atoms with Crippen LogP contribution in [-0.2, 0) is 19.4 Å². The van der Waals surface area contributed by atoms with Crippen LogP contribution in [0, 0.1) is 0 Å². The molecule has 3 aromatic rings. The first-order valence-corrected chi connectivity index (χ1v) is 7.53. The van der Waals surface area contributed by atoms with Gasteiger partial charge in [-0.05, 0) is 37.0 Å². The van der Waals surface area contributed by atoms with Gasteiger partial charge in [0.15, 0.2) is 11.4 Å². The molecule has 0 saturated heterocycles. The zero-order valence-corrected chi connectivity index (χ0v) is 12.2. The first kappa shape index (κ1) is 13.1. The molecule has 0 fully saturated rings. The summed E-state index contributed by atoms with van der Waals surface area (Å²) < 4.78 is 7.50. The van der Waals surface area contributed by atoms with Crippen molar-refractivity contribution in [1.82, 2.24) is 9.38 Å². The van der Waals surface area contributed by atoms with Crippen LogP contribution in [0.4, 0.5) is 0 Å². The lowest BCUT2D eigenvalue weighted by atomic mass is 10.2. The van der Waals surface area contributed by atoms with Crippen molar-refractivity contribution in [3.05, 3.63) is 75.8 Å². The summed E-state index contributed by atoms with van der Waals surface area (Å²) in [5, 5.41) is 0. The van der Waals surface area contributed by atoms with E-state index >= 15 is 0 Å². The molecule has 0 N–H and O–H groups in total. The molecule has 0 saturated carbocycles. The van der Waals surface area contributed by atoms with E-state index in [0.29, 0.717) is 18.0 Å². The van der Waals surface area contributed by atoms with E-state index in [2.05, 4.69) is 4.98 Å². The summed E-state index contributed by atoms with van der Waals surface area (Å²) in [6.45, 7) is 0.466. The average molecular weight is 292 g/mol. The zero-order chi connectivity index (χ0) is 14.9. The van der Waals surface area contributed by atoms with E-state index in [0.717, 1.165) is 36.1 Å². The molecule has 1 aliphatic rings. The minimum atomic E-state index is 0.0441. The predicted molar refractivity (Wildman–Crippen MR) is 84.3 cm³/mol. The van der Waals surface area contributed by atoms with Crippen molar-refractivity contribution in [1.29, 1.82) is 0 Å². The highest BCUT2D eigenvalue weighted by Crippen LogP contribution is 2.22. The van der Waals surface area contributed by atoms with Crippen LogP contribution in [-0.4, -0.2) is 9.38 Å². The van der Waals surface area contributed by atoms with Gasteiger partial charge in [-0.15, -0.1) is 0 Å². The molecule has 22 heavy (non-hydrogen) atoms. The van der Waals surface area contributed by atoms with E-state index in [4.69, 9.17) is 4.74 Å². The number of benzene rings is 1. The van der Waals surface area contributed by atoms with Gasteiger partial charge >= 0.3 is 0 Å². The summed E-state index contributed by atoms with van der Waals surface area (Å²) in [5.41, 5.74) is 3.54. The Morgan fingerprint density at radius 2 is 1.95 bits per heavy atom. The van der Waals surface area contributed by atoms with Crippen LogP contribution < -0.4 is 10.3 Å². The van der Waals surface area contributed by atoms with Crippen LogP contribution in [0.2, 0.25) is 0 Å². The third kappa shape index (κ3) is 2.17. The molecule has 0 radical (unpaired) electrons. The average Bonchev–Trinajstić information content (AvgIpc) is 3.03. The van der Waals surface area contributed by atoms with Gasteiger partial charge in [-0.25, -0.2) is 4.98 Å². The van der Waals surface area contributed by atoms with E-state index in [9.17, 15) is 4.79 Å². The summed E-state index contributed by atoms with van der Waals surface area (Å²) in [6.07, 6.45) is 4.49. The maximum atomic E-state index is 12.5. The van der Waals surface area contributed by atoms with Crippen molar-refractivity contribution >= 4 is 5.65 Å². The summed E-state index contributed by atoms with van der Waals surface area (Å²) >= 11 is 0. The van der Waals surface area contributed by atoms with Crippen molar-refractivity contribution in [2.24, 2.45) is 0 Å². The Kier molecular flexibility index (Phi) is 3.15. The largest absolute Gasteiger partial charge is 0.485 e. The zero-order valence-electron chi connectivity index (χ0n) is 12.2. The molecular formula is C18H16N2O2. The molecule has 4 nitrogen and oxygen atoms in total.